The Morgan fingerprint density at radius 3 is 2.62 bits per heavy atom. The third-order valence-corrected chi connectivity index (χ3v) is 7.74. The van der Waals surface area contributed by atoms with E-state index in [0.717, 1.165) is 21.3 Å². The minimum absolute atomic E-state index is 0.00337. The first-order valence-corrected chi connectivity index (χ1v) is 13.8. The summed E-state index contributed by atoms with van der Waals surface area (Å²) in [6.07, 6.45) is 4.93. The van der Waals surface area contributed by atoms with Gasteiger partial charge in [0.2, 0.25) is 5.91 Å². The third kappa shape index (κ3) is 5.20. The maximum absolute atomic E-state index is 13.8. The molecule has 0 saturated carbocycles. The number of anilines is 2. The molecule has 39 heavy (non-hydrogen) atoms. The summed E-state index contributed by atoms with van der Waals surface area (Å²) in [5.41, 5.74) is 2.68. The van der Waals surface area contributed by atoms with Gasteiger partial charge >= 0.3 is 0 Å². The number of amides is 2. The van der Waals surface area contributed by atoms with Crippen LogP contribution in [0.15, 0.2) is 94.5 Å². The Balaban J connectivity index is 1.46. The number of rotatable bonds is 8. The number of aliphatic hydroxyl groups is 2. The van der Waals surface area contributed by atoms with Crippen molar-refractivity contribution in [2.24, 2.45) is 11.0 Å². The lowest BCUT2D eigenvalue weighted by Gasteiger charge is -2.28. The van der Waals surface area contributed by atoms with Crippen molar-refractivity contribution in [1.29, 1.82) is 0 Å². The third-order valence-electron chi connectivity index (χ3n) is 7.25. The van der Waals surface area contributed by atoms with E-state index in [1.54, 1.807) is 30.0 Å². The monoisotopic (exact) mass is 587 g/mol. The van der Waals surface area contributed by atoms with Crippen LogP contribution in [0.25, 0.3) is 0 Å². The fraction of sp³-hybridized carbons (Fsp3) is 0.258. The van der Waals surface area contributed by atoms with Crippen LogP contribution in [0.3, 0.4) is 0 Å². The molecule has 0 bridgehead atoms. The molecule has 200 valence electrons. The van der Waals surface area contributed by atoms with Gasteiger partial charge in [0, 0.05) is 35.4 Å². The lowest BCUT2D eigenvalue weighted by molar-refractivity contribution is -0.139. The molecule has 2 atom stereocenters. The quantitative estimate of drug-likeness (QED) is 0.350. The number of nitrogens with zero attached hydrogens (tertiary/aromatic N) is 3. The van der Waals surface area contributed by atoms with Crippen molar-refractivity contribution in [2.75, 3.05) is 16.5 Å². The summed E-state index contributed by atoms with van der Waals surface area (Å²) in [6, 6.07) is 22.7. The van der Waals surface area contributed by atoms with E-state index in [4.69, 9.17) is 5.11 Å². The molecule has 2 amide bonds. The van der Waals surface area contributed by atoms with Crippen molar-refractivity contribution in [3.8, 4) is 0 Å². The number of hydrogen-bond donors (Lipinski definition) is 2. The van der Waals surface area contributed by atoms with Gasteiger partial charge in [0.15, 0.2) is 5.60 Å². The number of benzene rings is 3. The highest BCUT2D eigenvalue weighted by Crippen LogP contribution is 2.46. The predicted octanol–water partition coefficient (Wildman–Crippen LogP) is 5.29. The Bertz CT molecular complexity index is 1460. The van der Waals surface area contributed by atoms with Crippen LogP contribution >= 0.6 is 15.9 Å². The van der Waals surface area contributed by atoms with Crippen LogP contribution in [0.5, 0.6) is 0 Å². The molecule has 3 aromatic carbocycles. The van der Waals surface area contributed by atoms with Gasteiger partial charge < -0.3 is 15.1 Å². The average Bonchev–Trinajstić information content (AvgIpc) is 3.16. The second-order valence-corrected chi connectivity index (χ2v) is 10.8. The molecule has 0 aromatic heterocycles. The van der Waals surface area contributed by atoms with E-state index in [1.165, 1.54) is 5.01 Å². The van der Waals surface area contributed by atoms with Gasteiger partial charge in [-0.05, 0) is 47.9 Å². The molecule has 2 aliphatic heterocycles. The maximum Gasteiger partial charge on any atom is 0.264 e. The summed E-state index contributed by atoms with van der Waals surface area (Å²) in [4.78, 5) is 28.2. The lowest BCUT2D eigenvalue weighted by Crippen LogP contribution is -2.44. The van der Waals surface area contributed by atoms with E-state index in [-0.39, 0.29) is 19.1 Å². The van der Waals surface area contributed by atoms with Gasteiger partial charge in [-0.3, -0.25) is 9.59 Å². The van der Waals surface area contributed by atoms with Crippen LogP contribution < -0.4 is 9.91 Å². The summed E-state index contributed by atoms with van der Waals surface area (Å²) in [7, 11) is 0. The standard InChI is InChI=1S/C31H30BrN3O4/c1-21(8-5-6-17-36)31(39)26-19-24(32)13-15-28(26)34(30(31)38)20-22-9-7-12-25(18-22)35-29(37)16-14-27(33-35)23-10-3-2-4-11-23/h2-5,7-13,15,18-19,21,36,39H,6,14,16-17,20H2,1H3/b8-5+/t21-,31+/m0/s1. The van der Waals surface area contributed by atoms with E-state index in [1.807, 2.05) is 66.7 Å². The van der Waals surface area contributed by atoms with Gasteiger partial charge in [-0.1, -0.05) is 77.5 Å². The summed E-state index contributed by atoms with van der Waals surface area (Å²) >= 11 is 3.48. The second kappa shape index (κ2) is 11.3. The van der Waals surface area contributed by atoms with Crippen LogP contribution in [0, 0.1) is 5.92 Å². The zero-order chi connectivity index (χ0) is 27.6. The molecule has 2 aliphatic rings. The molecule has 0 fully saturated rings. The van der Waals surface area contributed by atoms with Crippen molar-refractivity contribution in [2.45, 2.75) is 38.3 Å². The number of halogens is 1. The molecule has 2 N–H and O–H groups in total. The van der Waals surface area contributed by atoms with Crippen LogP contribution in [0.1, 0.15) is 42.9 Å². The molecule has 0 radical (unpaired) electrons. The van der Waals surface area contributed by atoms with E-state index in [9.17, 15) is 14.7 Å². The van der Waals surface area contributed by atoms with Gasteiger partial charge in [0.1, 0.15) is 0 Å². The molecular weight excluding hydrogens is 558 g/mol. The molecule has 8 heteroatoms. The highest BCUT2D eigenvalue weighted by atomic mass is 79.9. The number of carbonyl (C=O) groups excluding carboxylic acids is 2. The Labute approximate surface area is 236 Å². The Kier molecular flexibility index (Phi) is 7.79. The molecular formula is C31H30BrN3O4. The summed E-state index contributed by atoms with van der Waals surface area (Å²) < 4.78 is 0.763. The van der Waals surface area contributed by atoms with Crippen molar-refractivity contribution >= 4 is 44.8 Å². The Hall–Kier alpha value is -3.59. The molecule has 5 rings (SSSR count). The fourth-order valence-electron chi connectivity index (χ4n) is 5.15. The maximum atomic E-state index is 13.8. The smallest absolute Gasteiger partial charge is 0.264 e. The minimum atomic E-state index is -1.75. The van der Waals surface area contributed by atoms with E-state index < -0.39 is 17.4 Å². The van der Waals surface area contributed by atoms with Crippen LogP contribution in [-0.2, 0) is 21.7 Å². The fourth-order valence-corrected chi connectivity index (χ4v) is 5.51. The van der Waals surface area contributed by atoms with Gasteiger partial charge in [-0.2, -0.15) is 5.10 Å². The topological polar surface area (TPSA) is 93.4 Å². The number of fused-ring (bicyclic) bond motifs is 1. The molecule has 7 nitrogen and oxygen atoms in total. The van der Waals surface area contributed by atoms with Crippen LogP contribution in [0.4, 0.5) is 11.4 Å². The largest absolute Gasteiger partial charge is 0.396 e. The van der Waals surface area contributed by atoms with Gasteiger partial charge in [-0.15, -0.1) is 0 Å². The number of carbonyl (C=O) groups is 2. The van der Waals surface area contributed by atoms with Crippen molar-refractivity contribution < 1.29 is 19.8 Å². The minimum Gasteiger partial charge on any atom is -0.396 e. The van der Waals surface area contributed by atoms with Gasteiger partial charge in [0.05, 0.1) is 23.6 Å². The van der Waals surface area contributed by atoms with Crippen molar-refractivity contribution in [1.82, 2.24) is 0 Å². The summed E-state index contributed by atoms with van der Waals surface area (Å²) in [5, 5.41) is 27.0. The molecule has 0 aliphatic carbocycles. The Morgan fingerprint density at radius 1 is 1.05 bits per heavy atom. The average molecular weight is 589 g/mol. The van der Waals surface area contributed by atoms with Crippen molar-refractivity contribution in [3.63, 3.8) is 0 Å². The summed E-state index contributed by atoms with van der Waals surface area (Å²) in [6.45, 7) is 2.01. The van der Waals surface area contributed by atoms with Crippen molar-refractivity contribution in [3.05, 3.63) is 106 Å². The zero-order valence-corrected chi connectivity index (χ0v) is 23.2. The molecule has 0 unspecified atom stereocenters. The number of hydrogen-bond acceptors (Lipinski definition) is 5. The highest BCUT2D eigenvalue weighted by molar-refractivity contribution is 9.10. The number of aliphatic hydroxyl groups excluding tert-OH is 1. The molecule has 3 aromatic rings. The van der Waals surface area contributed by atoms with E-state index in [0.29, 0.717) is 36.2 Å². The predicted molar refractivity (Wildman–Crippen MR) is 155 cm³/mol. The number of hydrazone groups is 1. The first-order valence-electron chi connectivity index (χ1n) is 13.0. The van der Waals surface area contributed by atoms with E-state index >= 15 is 0 Å². The van der Waals surface area contributed by atoms with E-state index in [2.05, 4.69) is 21.0 Å². The Morgan fingerprint density at radius 2 is 1.85 bits per heavy atom. The molecule has 0 saturated heterocycles. The molecule has 0 spiro atoms. The van der Waals surface area contributed by atoms with Gasteiger partial charge in [0.25, 0.3) is 5.91 Å². The first-order chi connectivity index (χ1) is 18.8. The summed E-state index contributed by atoms with van der Waals surface area (Å²) in [5.74, 6) is -1.02. The first kappa shape index (κ1) is 27.0. The zero-order valence-electron chi connectivity index (χ0n) is 21.6. The normalized spacial score (nSPS) is 19.9. The van der Waals surface area contributed by atoms with Gasteiger partial charge in [-0.25, -0.2) is 5.01 Å². The van der Waals surface area contributed by atoms with Crippen LogP contribution in [0.2, 0.25) is 0 Å². The SMILES string of the molecule is C[C@@H](/C=C/CCO)[C@]1(O)C(=O)N(Cc2cccc(N3N=C(c4ccccc4)CCC3=O)c2)c2ccc(Br)cc21. The lowest BCUT2D eigenvalue weighted by atomic mass is 9.83. The van der Waals surface area contributed by atoms with Crippen LogP contribution in [-0.4, -0.2) is 34.3 Å². The highest BCUT2D eigenvalue weighted by Gasteiger charge is 2.52. The second-order valence-electron chi connectivity index (χ2n) is 9.84. The molecule has 2 heterocycles.